The van der Waals surface area contributed by atoms with Gasteiger partial charge in [-0.05, 0) is 19.4 Å². The number of nitrogens with zero attached hydrogens (tertiary/aromatic N) is 3. The molecule has 0 radical (unpaired) electrons. The van der Waals surface area contributed by atoms with Crippen LogP contribution in [0.25, 0.3) is 0 Å². The molecule has 2 aromatic rings. The maximum absolute atomic E-state index is 11.0. The fourth-order valence-electron chi connectivity index (χ4n) is 2.52. The molecule has 0 spiro atoms. The minimum absolute atomic E-state index is 0.0791. The molecule has 1 atom stereocenters. The van der Waals surface area contributed by atoms with Crippen LogP contribution in [0.3, 0.4) is 0 Å². The third-order valence-corrected chi connectivity index (χ3v) is 3.40. The van der Waals surface area contributed by atoms with Crippen molar-refractivity contribution in [2.75, 3.05) is 18.5 Å². The van der Waals surface area contributed by atoms with Gasteiger partial charge in [-0.25, -0.2) is 9.48 Å². The Bertz CT molecular complexity index is 668. The number of benzene rings is 1. The molecule has 1 aromatic carbocycles. The van der Waals surface area contributed by atoms with E-state index in [1.807, 2.05) is 31.2 Å². The number of para-hydroxylation sites is 1. The van der Waals surface area contributed by atoms with Crippen molar-refractivity contribution in [3.05, 3.63) is 35.7 Å². The van der Waals surface area contributed by atoms with Gasteiger partial charge in [-0.3, -0.25) is 0 Å². The van der Waals surface area contributed by atoms with Crippen molar-refractivity contribution in [1.82, 2.24) is 14.8 Å². The number of hydrogen-bond acceptors (Lipinski definition) is 5. The second kappa shape index (κ2) is 5.43. The van der Waals surface area contributed by atoms with Crippen molar-refractivity contribution in [3.8, 4) is 5.75 Å². The normalized spacial score (nSPS) is 16.9. The summed E-state index contributed by atoms with van der Waals surface area (Å²) in [6, 6.07) is 7.67. The Morgan fingerprint density at radius 1 is 1.52 bits per heavy atom. The molecule has 0 fully saturated rings. The quantitative estimate of drug-likeness (QED) is 0.891. The van der Waals surface area contributed by atoms with Crippen LogP contribution in [0.15, 0.2) is 24.3 Å². The average Bonchev–Trinajstić information content (AvgIpc) is 2.92. The molecular weight excluding hydrogens is 272 g/mol. The van der Waals surface area contributed by atoms with Crippen LogP contribution in [-0.2, 0) is 0 Å². The molecule has 0 amide bonds. The standard InChI is InChI=1S/C14H16N4O3/c1-2-21-11-6-4-3-5-9(11)10-7-8-15-14-16-12(13(19)20)17-18(10)14/h3-6,10H,2,7-8H2,1H3,(H,19,20)(H,15,16,17). The molecule has 0 bridgehead atoms. The van der Waals surface area contributed by atoms with Crippen molar-refractivity contribution in [2.24, 2.45) is 0 Å². The summed E-state index contributed by atoms with van der Waals surface area (Å²) in [5.41, 5.74) is 0.990. The van der Waals surface area contributed by atoms with Crippen LogP contribution in [0.5, 0.6) is 5.75 Å². The number of nitrogens with one attached hydrogen (secondary N) is 1. The number of hydrogen-bond donors (Lipinski definition) is 2. The van der Waals surface area contributed by atoms with Gasteiger partial charge in [-0.15, -0.1) is 5.10 Å². The SMILES string of the molecule is CCOc1ccccc1C1CCNc2nc(C(=O)O)nn21. The average molecular weight is 288 g/mol. The van der Waals surface area contributed by atoms with E-state index in [-0.39, 0.29) is 11.9 Å². The first-order chi connectivity index (χ1) is 10.2. The molecule has 1 aromatic heterocycles. The largest absolute Gasteiger partial charge is 0.494 e. The van der Waals surface area contributed by atoms with Gasteiger partial charge in [-0.1, -0.05) is 18.2 Å². The highest BCUT2D eigenvalue weighted by molar-refractivity contribution is 5.83. The number of fused-ring (bicyclic) bond motifs is 1. The number of carboxylic acid groups (broad SMARTS) is 1. The van der Waals surface area contributed by atoms with E-state index in [9.17, 15) is 4.79 Å². The molecule has 1 aliphatic heterocycles. The molecule has 7 heteroatoms. The van der Waals surface area contributed by atoms with Gasteiger partial charge in [0, 0.05) is 12.1 Å². The molecular formula is C14H16N4O3. The van der Waals surface area contributed by atoms with Crippen LogP contribution >= 0.6 is 0 Å². The van der Waals surface area contributed by atoms with E-state index < -0.39 is 5.97 Å². The second-order valence-corrected chi connectivity index (χ2v) is 4.71. The van der Waals surface area contributed by atoms with Crippen LogP contribution in [0.2, 0.25) is 0 Å². The summed E-state index contributed by atoms with van der Waals surface area (Å²) in [7, 11) is 0. The zero-order chi connectivity index (χ0) is 14.8. The molecule has 2 heterocycles. The zero-order valence-corrected chi connectivity index (χ0v) is 11.6. The number of carboxylic acids is 1. The lowest BCUT2D eigenvalue weighted by Crippen LogP contribution is -2.25. The Morgan fingerprint density at radius 2 is 2.33 bits per heavy atom. The van der Waals surface area contributed by atoms with E-state index in [2.05, 4.69) is 15.4 Å². The van der Waals surface area contributed by atoms with Crippen molar-refractivity contribution in [3.63, 3.8) is 0 Å². The highest BCUT2D eigenvalue weighted by Gasteiger charge is 2.28. The van der Waals surface area contributed by atoms with Crippen molar-refractivity contribution in [2.45, 2.75) is 19.4 Å². The van der Waals surface area contributed by atoms with Gasteiger partial charge in [0.15, 0.2) is 0 Å². The Balaban J connectivity index is 2.04. The molecule has 0 saturated carbocycles. The van der Waals surface area contributed by atoms with Gasteiger partial charge in [0.25, 0.3) is 5.82 Å². The molecule has 0 aliphatic carbocycles. The molecule has 1 unspecified atom stereocenters. The third-order valence-electron chi connectivity index (χ3n) is 3.40. The van der Waals surface area contributed by atoms with Crippen molar-refractivity contribution < 1.29 is 14.6 Å². The Labute approximate surface area is 121 Å². The van der Waals surface area contributed by atoms with E-state index in [4.69, 9.17) is 9.84 Å². The number of ether oxygens (including phenoxy) is 1. The lowest BCUT2D eigenvalue weighted by Gasteiger charge is -2.26. The Kier molecular flexibility index (Phi) is 3.47. The van der Waals surface area contributed by atoms with Gasteiger partial charge in [-0.2, -0.15) is 4.98 Å². The lowest BCUT2D eigenvalue weighted by atomic mass is 10.0. The van der Waals surface area contributed by atoms with Crippen LogP contribution in [-0.4, -0.2) is 39.0 Å². The summed E-state index contributed by atoms with van der Waals surface area (Å²) < 4.78 is 7.29. The van der Waals surface area contributed by atoms with E-state index in [1.54, 1.807) is 4.68 Å². The third kappa shape index (κ3) is 2.42. The lowest BCUT2D eigenvalue weighted by molar-refractivity contribution is 0.0683. The molecule has 110 valence electrons. The highest BCUT2D eigenvalue weighted by atomic mass is 16.5. The van der Waals surface area contributed by atoms with E-state index in [0.29, 0.717) is 19.1 Å². The Hall–Kier alpha value is -2.57. The highest BCUT2D eigenvalue weighted by Crippen LogP contribution is 2.33. The predicted octanol–water partition coefficient (Wildman–Crippen LogP) is 1.78. The number of aromatic carboxylic acids is 1. The summed E-state index contributed by atoms with van der Waals surface area (Å²) in [5, 5.41) is 16.2. The molecule has 0 saturated heterocycles. The second-order valence-electron chi connectivity index (χ2n) is 4.71. The minimum atomic E-state index is -1.13. The van der Waals surface area contributed by atoms with Gasteiger partial charge >= 0.3 is 5.97 Å². The number of anilines is 1. The summed E-state index contributed by atoms with van der Waals surface area (Å²) in [4.78, 5) is 15.0. The number of rotatable bonds is 4. The van der Waals surface area contributed by atoms with Gasteiger partial charge in [0.2, 0.25) is 5.95 Å². The first-order valence-electron chi connectivity index (χ1n) is 6.86. The Morgan fingerprint density at radius 3 is 3.10 bits per heavy atom. The fourth-order valence-corrected chi connectivity index (χ4v) is 2.52. The van der Waals surface area contributed by atoms with Crippen LogP contribution in [0, 0.1) is 0 Å². The topological polar surface area (TPSA) is 89.3 Å². The molecule has 3 rings (SSSR count). The summed E-state index contributed by atoms with van der Waals surface area (Å²) >= 11 is 0. The predicted molar refractivity (Wildman–Crippen MR) is 75.8 cm³/mol. The van der Waals surface area contributed by atoms with Crippen LogP contribution in [0.4, 0.5) is 5.95 Å². The van der Waals surface area contributed by atoms with Crippen molar-refractivity contribution in [1.29, 1.82) is 0 Å². The van der Waals surface area contributed by atoms with Gasteiger partial charge in [0.05, 0.1) is 12.6 Å². The van der Waals surface area contributed by atoms with Crippen molar-refractivity contribution >= 4 is 11.9 Å². The minimum Gasteiger partial charge on any atom is -0.494 e. The first kappa shape index (κ1) is 13.4. The first-order valence-corrected chi connectivity index (χ1v) is 6.86. The molecule has 7 nitrogen and oxygen atoms in total. The van der Waals surface area contributed by atoms with E-state index >= 15 is 0 Å². The molecule has 1 aliphatic rings. The summed E-state index contributed by atoms with van der Waals surface area (Å²) in [6.07, 6.45) is 0.791. The maximum atomic E-state index is 11.0. The number of aromatic nitrogens is 3. The maximum Gasteiger partial charge on any atom is 0.375 e. The van der Waals surface area contributed by atoms with Gasteiger partial charge in [0.1, 0.15) is 5.75 Å². The van der Waals surface area contributed by atoms with Crippen LogP contribution < -0.4 is 10.1 Å². The monoisotopic (exact) mass is 288 g/mol. The summed E-state index contributed by atoms with van der Waals surface area (Å²) in [6.45, 7) is 3.22. The number of carbonyl (C=O) groups is 1. The van der Waals surface area contributed by atoms with Crippen LogP contribution in [0.1, 0.15) is 35.6 Å². The molecule has 2 N–H and O–H groups in total. The summed E-state index contributed by atoms with van der Waals surface area (Å²) in [5.74, 6) is -0.0472. The van der Waals surface area contributed by atoms with E-state index in [1.165, 1.54) is 0 Å². The van der Waals surface area contributed by atoms with Gasteiger partial charge < -0.3 is 15.2 Å². The fraction of sp³-hybridized carbons (Fsp3) is 0.357. The molecule has 21 heavy (non-hydrogen) atoms. The van der Waals surface area contributed by atoms with E-state index in [0.717, 1.165) is 17.7 Å². The smallest absolute Gasteiger partial charge is 0.375 e. The zero-order valence-electron chi connectivity index (χ0n) is 11.6.